The average molecular weight is 354 g/mol. The van der Waals surface area contributed by atoms with E-state index in [1.165, 1.54) is 6.07 Å². The van der Waals surface area contributed by atoms with Gasteiger partial charge in [0, 0.05) is 11.6 Å². The molecule has 1 N–H and O–H groups in total. The molecule has 4 nitrogen and oxygen atoms in total. The van der Waals surface area contributed by atoms with Crippen molar-refractivity contribution in [1.82, 2.24) is 5.32 Å². The maximum atomic E-state index is 12.2. The molecule has 1 amide bonds. The number of hydrogen-bond donors (Lipinski definition) is 1. The van der Waals surface area contributed by atoms with Gasteiger partial charge in [-0.05, 0) is 42.8 Å². The topological polar surface area (TPSA) is 47.6 Å². The lowest BCUT2D eigenvalue weighted by atomic mass is 10.1. The fourth-order valence-corrected chi connectivity index (χ4v) is 2.54. The molecule has 0 aliphatic carbocycles. The first kappa shape index (κ1) is 17.4. The molecule has 0 bridgehead atoms. The molecule has 2 rings (SSSR count). The van der Waals surface area contributed by atoms with Gasteiger partial charge in [0.1, 0.15) is 0 Å². The van der Waals surface area contributed by atoms with E-state index in [9.17, 15) is 4.79 Å². The second-order valence-electron chi connectivity index (χ2n) is 4.73. The molecule has 0 saturated carbocycles. The van der Waals surface area contributed by atoms with Gasteiger partial charge >= 0.3 is 0 Å². The Morgan fingerprint density at radius 1 is 1.13 bits per heavy atom. The van der Waals surface area contributed by atoms with E-state index < -0.39 is 0 Å². The summed E-state index contributed by atoms with van der Waals surface area (Å²) in [6.45, 7) is 2.81. The van der Waals surface area contributed by atoms with E-state index in [1.54, 1.807) is 19.2 Å². The van der Waals surface area contributed by atoms with Crippen molar-refractivity contribution in [3.05, 3.63) is 57.6 Å². The fourth-order valence-electron chi connectivity index (χ4n) is 2.05. The van der Waals surface area contributed by atoms with Gasteiger partial charge in [-0.2, -0.15) is 0 Å². The lowest BCUT2D eigenvalue weighted by Gasteiger charge is -2.12. The number of amides is 1. The molecule has 0 aliphatic heterocycles. The van der Waals surface area contributed by atoms with Gasteiger partial charge in [0.25, 0.3) is 5.91 Å². The molecule has 0 radical (unpaired) electrons. The van der Waals surface area contributed by atoms with Crippen LogP contribution in [0.2, 0.25) is 10.0 Å². The Morgan fingerprint density at radius 2 is 1.91 bits per heavy atom. The summed E-state index contributed by atoms with van der Waals surface area (Å²) < 4.78 is 10.8. The highest BCUT2D eigenvalue weighted by Gasteiger charge is 2.11. The van der Waals surface area contributed by atoms with Gasteiger partial charge in [0.15, 0.2) is 11.5 Å². The zero-order valence-electron chi connectivity index (χ0n) is 12.9. The van der Waals surface area contributed by atoms with Gasteiger partial charge < -0.3 is 14.8 Å². The number of ether oxygens (including phenoxy) is 2. The smallest absolute Gasteiger partial charge is 0.253 e. The van der Waals surface area contributed by atoms with Gasteiger partial charge in [0.05, 0.1) is 24.3 Å². The molecule has 0 fully saturated rings. The zero-order chi connectivity index (χ0) is 16.8. The minimum Gasteiger partial charge on any atom is -0.493 e. The summed E-state index contributed by atoms with van der Waals surface area (Å²) in [5, 5.41) is 3.62. The van der Waals surface area contributed by atoms with Crippen LogP contribution in [0.3, 0.4) is 0 Å². The van der Waals surface area contributed by atoms with Gasteiger partial charge in [0.2, 0.25) is 0 Å². The quantitative estimate of drug-likeness (QED) is 0.840. The minimum atomic E-state index is -0.264. The highest BCUT2D eigenvalue weighted by atomic mass is 35.5. The Morgan fingerprint density at radius 3 is 2.57 bits per heavy atom. The van der Waals surface area contributed by atoms with E-state index in [1.807, 2.05) is 25.1 Å². The van der Waals surface area contributed by atoms with Gasteiger partial charge in [-0.1, -0.05) is 29.3 Å². The van der Waals surface area contributed by atoms with E-state index in [2.05, 4.69) is 5.32 Å². The van der Waals surface area contributed by atoms with E-state index in [0.29, 0.717) is 40.3 Å². The Hall–Kier alpha value is -1.91. The Kier molecular flexibility index (Phi) is 6.13. The number of nitrogens with one attached hydrogen (secondary N) is 1. The molecule has 23 heavy (non-hydrogen) atoms. The lowest BCUT2D eigenvalue weighted by molar-refractivity contribution is 0.0951. The van der Waals surface area contributed by atoms with Gasteiger partial charge in [-0.15, -0.1) is 0 Å². The third-order valence-electron chi connectivity index (χ3n) is 3.16. The van der Waals surface area contributed by atoms with Crippen LogP contribution in [0.25, 0.3) is 0 Å². The second kappa shape index (κ2) is 8.09. The van der Waals surface area contributed by atoms with Gasteiger partial charge in [-0.25, -0.2) is 0 Å². The van der Waals surface area contributed by atoms with Crippen molar-refractivity contribution in [1.29, 1.82) is 0 Å². The molecule has 2 aromatic rings. The van der Waals surface area contributed by atoms with Crippen LogP contribution in [-0.2, 0) is 6.54 Å². The van der Waals surface area contributed by atoms with Crippen molar-refractivity contribution in [2.75, 3.05) is 13.7 Å². The van der Waals surface area contributed by atoms with Crippen LogP contribution in [0.1, 0.15) is 22.8 Å². The normalized spacial score (nSPS) is 10.3. The number of rotatable bonds is 6. The molecule has 0 unspecified atom stereocenters. The molecule has 6 heteroatoms. The number of carbonyl (C=O) groups is 1. The molecule has 0 aromatic heterocycles. The van der Waals surface area contributed by atoms with Crippen molar-refractivity contribution in [2.24, 2.45) is 0 Å². The van der Waals surface area contributed by atoms with E-state index in [4.69, 9.17) is 32.7 Å². The molecule has 0 atom stereocenters. The number of methoxy groups -OCH3 is 1. The molecular formula is C17H17Cl2NO3. The summed E-state index contributed by atoms with van der Waals surface area (Å²) in [5.41, 5.74) is 1.28. The number of benzene rings is 2. The van der Waals surface area contributed by atoms with Crippen LogP contribution in [-0.4, -0.2) is 19.6 Å². The highest BCUT2D eigenvalue weighted by Crippen LogP contribution is 2.28. The first-order valence-electron chi connectivity index (χ1n) is 7.08. The zero-order valence-corrected chi connectivity index (χ0v) is 14.4. The number of hydrogen-bond acceptors (Lipinski definition) is 3. The molecule has 0 heterocycles. The van der Waals surface area contributed by atoms with Crippen molar-refractivity contribution in [2.45, 2.75) is 13.5 Å². The van der Waals surface area contributed by atoms with Crippen LogP contribution in [0.4, 0.5) is 0 Å². The lowest BCUT2D eigenvalue weighted by Crippen LogP contribution is -2.23. The maximum absolute atomic E-state index is 12.2. The predicted molar refractivity (Wildman–Crippen MR) is 91.8 cm³/mol. The largest absolute Gasteiger partial charge is 0.493 e. The Bertz CT molecular complexity index is 704. The van der Waals surface area contributed by atoms with E-state index in [0.717, 1.165) is 5.56 Å². The SMILES string of the molecule is CCOc1ccc(CNC(=O)c2ccc(Cl)cc2Cl)cc1OC. The van der Waals surface area contributed by atoms with Crippen LogP contribution in [0.5, 0.6) is 11.5 Å². The summed E-state index contributed by atoms with van der Waals surface area (Å²) in [6.07, 6.45) is 0. The summed E-state index contributed by atoms with van der Waals surface area (Å²) in [6, 6.07) is 10.3. The van der Waals surface area contributed by atoms with Crippen LogP contribution < -0.4 is 14.8 Å². The van der Waals surface area contributed by atoms with Crippen molar-refractivity contribution in [3.63, 3.8) is 0 Å². The first-order valence-corrected chi connectivity index (χ1v) is 7.83. The summed E-state index contributed by atoms with van der Waals surface area (Å²) in [4.78, 5) is 12.2. The van der Waals surface area contributed by atoms with Crippen LogP contribution in [0, 0.1) is 0 Å². The molecule has 2 aromatic carbocycles. The molecule has 0 aliphatic rings. The Balaban J connectivity index is 2.06. The van der Waals surface area contributed by atoms with Crippen molar-refractivity contribution >= 4 is 29.1 Å². The number of carbonyl (C=O) groups excluding carboxylic acids is 1. The summed E-state index contributed by atoms with van der Waals surface area (Å²) in [5.74, 6) is 1.04. The summed E-state index contributed by atoms with van der Waals surface area (Å²) in [7, 11) is 1.58. The van der Waals surface area contributed by atoms with E-state index in [-0.39, 0.29) is 5.91 Å². The Labute approximate surface area is 145 Å². The molecule has 122 valence electrons. The monoisotopic (exact) mass is 353 g/mol. The second-order valence-corrected chi connectivity index (χ2v) is 5.57. The van der Waals surface area contributed by atoms with Crippen LogP contribution in [0.15, 0.2) is 36.4 Å². The molecule has 0 saturated heterocycles. The highest BCUT2D eigenvalue weighted by molar-refractivity contribution is 6.36. The average Bonchev–Trinajstić information content (AvgIpc) is 2.53. The third-order valence-corrected chi connectivity index (χ3v) is 3.70. The molecular weight excluding hydrogens is 337 g/mol. The van der Waals surface area contributed by atoms with Crippen LogP contribution >= 0.6 is 23.2 Å². The van der Waals surface area contributed by atoms with E-state index >= 15 is 0 Å². The van der Waals surface area contributed by atoms with Crippen molar-refractivity contribution in [3.8, 4) is 11.5 Å². The fraction of sp³-hybridized carbons (Fsp3) is 0.235. The third kappa shape index (κ3) is 4.53. The number of halogens is 2. The predicted octanol–water partition coefficient (Wildman–Crippen LogP) is 4.33. The summed E-state index contributed by atoms with van der Waals surface area (Å²) >= 11 is 11.9. The standard InChI is InChI=1S/C17H17Cl2NO3/c1-3-23-15-7-4-11(8-16(15)22-2)10-20-17(21)13-6-5-12(18)9-14(13)19/h4-9H,3,10H2,1-2H3,(H,20,21). The molecule has 0 spiro atoms. The maximum Gasteiger partial charge on any atom is 0.253 e. The first-order chi connectivity index (χ1) is 11.0. The van der Waals surface area contributed by atoms with Crippen molar-refractivity contribution < 1.29 is 14.3 Å². The van der Waals surface area contributed by atoms with Gasteiger partial charge in [-0.3, -0.25) is 4.79 Å². The minimum absolute atomic E-state index is 0.264.